The van der Waals surface area contributed by atoms with Crippen LogP contribution in [0.25, 0.3) is 10.9 Å². The minimum Gasteiger partial charge on any atom is -0.330 e. The van der Waals surface area contributed by atoms with Crippen molar-refractivity contribution < 1.29 is 0 Å². The third-order valence-corrected chi connectivity index (χ3v) is 4.55. The van der Waals surface area contributed by atoms with Crippen LogP contribution in [0.3, 0.4) is 0 Å². The van der Waals surface area contributed by atoms with Gasteiger partial charge in [-0.3, -0.25) is 4.98 Å². The topological polar surface area (TPSA) is 38.9 Å². The molecule has 2 nitrogen and oxygen atoms in total. The second-order valence-corrected chi connectivity index (χ2v) is 5.59. The Morgan fingerprint density at radius 2 is 2.00 bits per heavy atom. The van der Waals surface area contributed by atoms with E-state index in [0.29, 0.717) is 6.54 Å². The lowest BCUT2D eigenvalue weighted by Gasteiger charge is -2.29. The normalized spacial score (nSPS) is 18.3. The highest BCUT2D eigenvalue weighted by molar-refractivity contribution is 6.35. The number of rotatable bonds is 2. The summed E-state index contributed by atoms with van der Waals surface area (Å²) in [6.07, 6.45) is 6.74. The van der Waals surface area contributed by atoms with E-state index >= 15 is 0 Å². The number of hydrogen-bond acceptors (Lipinski definition) is 2. The van der Waals surface area contributed by atoms with Crippen LogP contribution < -0.4 is 5.73 Å². The van der Waals surface area contributed by atoms with Crippen molar-refractivity contribution in [1.29, 1.82) is 0 Å². The van der Waals surface area contributed by atoms with E-state index < -0.39 is 0 Å². The van der Waals surface area contributed by atoms with Crippen molar-refractivity contribution in [3.8, 4) is 0 Å². The average molecular weight is 261 g/mol. The number of nitrogens with zero attached hydrogens (tertiary/aromatic N) is 1. The largest absolute Gasteiger partial charge is 0.330 e. The van der Waals surface area contributed by atoms with Crippen LogP contribution in [0.4, 0.5) is 0 Å². The van der Waals surface area contributed by atoms with Gasteiger partial charge in [-0.05, 0) is 30.5 Å². The Bertz CT molecular complexity index is 574. The molecule has 0 spiro atoms. The molecule has 18 heavy (non-hydrogen) atoms. The zero-order valence-electron chi connectivity index (χ0n) is 10.3. The van der Waals surface area contributed by atoms with Crippen molar-refractivity contribution in [2.24, 2.45) is 5.73 Å². The first-order valence-corrected chi connectivity index (χ1v) is 6.88. The van der Waals surface area contributed by atoms with E-state index in [1.165, 1.54) is 31.2 Å². The summed E-state index contributed by atoms with van der Waals surface area (Å²) in [6, 6.07) is 8.12. The van der Waals surface area contributed by atoms with Crippen molar-refractivity contribution in [2.75, 3.05) is 6.54 Å². The Kier molecular flexibility index (Phi) is 3.00. The van der Waals surface area contributed by atoms with Crippen LogP contribution in [0.1, 0.15) is 31.2 Å². The average Bonchev–Trinajstić information content (AvgIpc) is 2.89. The van der Waals surface area contributed by atoms with E-state index in [0.717, 1.165) is 15.9 Å². The van der Waals surface area contributed by atoms with Gasteiger partial charge in [-0.15, -0.1) is 0 Å². The lowest BCUT2D eigenvalue weighted by Crippen LogP contribution is -2.32. The molecule has 0 radical (unpaired) electrons. The molecule has 3 rings (SSSR count). The Morgan fingerprint density at radius 3 is 2.72 bits per heavy atom. The predicted octanol–water partition coefficient (Wildman–Crippen LogP) is 3.66. The van der Waals surface area contributed by atoms with Crippen molar-refractivity contribution in [1.82, 2.24) is 4.98 Å². The third kappa shape index (κ3) is 1.72. The molecule has 94 valence electrons. The van der Waals surface area contributed by atoms with Crippen LogP contribution in [-0.2, 0) is 5.41 Å². The summed E-state index contributed by atoms with van der Waals surface area (Å²) in [5.74, 6) is 0. The first-order valence-electron chi connectivity index (χ1n) is 6.51. The predicted molar refractivity (Wildman–Crippen MR) is 76.0 cm³/mol. The number of nitrogens with two attached hydrogens (primary N) is 1. The second-order valence-electron chi connectivity index (χ2n) is 5.19. The van der Waals surface area contributed by atoms with E-state index in [9.17, 15) is 0 Å². The van der Waals surface area contributed by atoms with E-state index in [4.69, 9.17) is 17.3 Å². The Labute approximate surface area is 112 Å². The summed E-state index contributed by atoms with van der Waals surface area (Å²) in [5, 5.41) is 1.89. The molecule has 1 heterocycles. The quantitative estimate of drug-likeness (QED) is 0.895. The van der Waals surface area contributed by atoms with Crippen molar-refractivity contribution in [2.45, 2.75) is 31.1 Å². The SMILES string of the molecule is NCC1(c2ccnc3c(Cl)cccc23)CCCC1. The molecule has 0 bridgehead atoms. The lowest BCUT2D eigenvalue weighted by atomic mass is 9.77. The summed E-state index contributed by atoms with van der Waals surface area (Å²) in [6.45, 7) is 0.707. The van der Waals surface area contributed by atoms with E-state index in [1.807, 2.05) is 18.3 Å². The molecule has 1 saturated carbocycles. The zero-order valence-corrected chi connectivity index (χ0v) is 11.1. The molecule has 0 aliphatic heterocycles. The highest BCUT2D eigenvalue weighted by atomic mass is 35.5. The molecular formula is C15H17ClN2. The number of halogens is 1. The Hall–Kier alpha value is -1.12. The standard InChI is InChI=1S/C15H17ClN2/c16-13-5-3-4-11-12(6-9-18-14(11)13)15(10-17)7-1-2-8-15/h3-6,9H,1-2,7-8,10,17H2. The maximum Gasteiger partial charge on any atom is 0.0891 e. The zero-order chi connectivity index (χ0) is 12.6. The van der Waals surface area contributed by atoms with Crippen molar-refractivity contribution in [3.63, 3.8) is 0 Å². The number of hydrogen-bond donors (Lipinski definition) is 1. The van der Waals surface area contributed by atoms with Crippen LogP contribution in [0, 0.1) is 0 Å². The molecule has 0 amide bonds. The van der Waals surface area contributed by atoms with Crippen LogP contribution in [0.15, 0.2) is 30.5 Å². The third-order valence-electron chi connectivity index (χ3n) is 4.24. The lowest BCUT2D eigenvalue weighted by molar-refractivity contribution is 0.456. The maximum absolute atomic E-state index is 6.23. The van der Waals surface area contributed by atoms with Gasteiger partial charge in [-0.2, -0.15) is 0 Å². The molecule has 2 aromatic rings. The van der Waals surface area contributed by atoms with Gasteiger partial charge in [0.2, 0.25) is 0 Å². The highest BCUT2D eigenvalue weighted by Crippen LogP contribution is 2.43. The van der Waals surface area contributed by atoms with Crippen LogP contribution >= 0.6 is 11.6 Å². The summed E-state index contributed by atoms with van der Waals surface area (Å²) < 4.78 is 0. The molecule has 1 fully saturated rings. The highest BCUT2D eigenvalue weighted by Gasteiger charge is 2.35. The van der Waals surface area contributed by atoms with Gasteiger partial charge >= 0.3 is 0 Å². The van der Waals surface area contributed by atoms with E-state index in [-0.39, 0.29) is 5.41 Å². The maximum atomic E-state index is 6.23. The number of benzene rings is 1. The van der Waals surface area contributed by atoms with Gasteiger partial charge in [0.15, 0.2) is 0 Å². The van der Waals surface area contributed by atoms with Gasteiger partial charge in [-0.1, -0.05) is 36.6 Å². The summed E-state index contributed by atoms with van der Waals surface area (Å²) in [7, 11) is 0. The molecule has 1 aromatic carbocycles. The van der Waals surface area contributed by atoms with Crippen LogP contribution in [0.5, 0.6) is 0 Å². The summed E-state index contributed by atoms with van der Waals surface area (Å²) in [5.41, 5.74) is 8.44. The fourth-order valence-corrected chi connectivity index (χ4v) is 3.46. The molecule has 0 atom stereocenters. The molecule has 1 aliphatic carbocycles. The smallest absolute Gasteiger partial charge is 0.0891 e. The Morgan fingerprint density at radius 1 is 1.22 bits per heavy atom. The summed E-state index contributed by atoms with van der Waals surface area (Å²) >= 11 is 6.23. The van der Waals surface area contributed by atoms with Gasteiger partial charge in [0.1, 0.15) is 0 Å². The first kappa shape index (κ1) is 11.9. The van der Waals surface area contributed by atoms with Gasteiger partial charge in [0, 0.05) is 23.5 Å². The number of aromatic nitrogens is 1. The van der Waals surface area contributed by atoms with Crippen LogP contribution in [0.2, 0.25) is 5.02 Å². The number of pyridine rings is 1. The van der Waals surface area contributed by atoms with Gasteiger partial charge in [0.25, 0.3) is 0 Å². The minimum atomic E-state index is 0.131. The molecule has 3 heteroatoms. The minimum absolute atomic E-state index is 0.131. The van der Waals surface area contributed by atoms with Gasteiger partial charge < -0.3 is 5.73 Å². The fraction of sp³-hybridized carbons (Fsp3) is 0.400. The molecular weight excluding hydrogens is 244 g/mol. The second kappa shape index (κ2) is 4.52. The molecule has 0 saturated heterocycles. The van der Waals surface area contributed by atoms with Crippen molar-refractivity contribution >= 4 is 22.5 Å². The first-order chi connectivity index (χ1) is 8.77. The monoisotopic (exact) mass is 260 g/mol. The fourth-order valence-electron chi connectivity index (χ4n) is 3.24. The molecule has 1 aromatic heterocycles. The molecule has 1 aliphatic rings. The summed E-state index contributed by atoms with van der Waals surface area (Å²) in [4.78, 5) is 4.41. The Balaban J connectivity index is 2.26. The molecule has 0 unspecified atom stereocenters. The molecule has 2 N–H and O–H groups in total. The van der Waals surface area contributed by atoms with E-state index in [1.54, 1.807) is 0 Å². The van der Waals surface area contributed by atoms with Crippen molar-refractivity contribution in [3.05, 3.63) is 41.0 Å². The van der Waals surface area contributed by atoms with Gasteiger partial charge in [0.05, 0.1) is 10.5 Å². The number of para-hydroxylation sites is 1. The van der Waals surface area contributed by atoms with Crippen LogP contribution in [-0.4, -0.2) is 11.5 Å². The number of fused-ring (bicyclic) bond motifs is 1. The van der Waals surface area contributed by atoms with E-state index in [2.05, 4.69) is 17.1 Å². The van der Waals surface area contributed by atoms with Gasteiger partial charge in [-0.25, -0.2) is 0 Å².